The quantitative estimate of drug-likeness (QED) is 0.756. The summed E-state index contributed by atoms with van der Waals surface area (Å²) in [6.07, 6.45) is 2.06. The van der Waals surface area contributed by atoms with E-state index in [2.05, 4.69) is 36.5 Å². The van der Waals surface area contributed by atoms with Crippen LogP contribution in [0.2, 0.25) is 10.0 Å². The van der Waals surface area contributed by atoms with Gasteiger partial charge in [-0.25, -0.2) is 0 Å². The number of hydrogen-bond donors (Lipinski definition) is 1. The van der Waals surface area contributed by atoms with Crippen molar-refractivity contribution < 1.29 is 0 Å². The van der Waals surface area contributed by atoms with Crippen molar-refractivity contribution in [2.45, 2.75) is 19.8 Å². The van der Waals surface area contributed by atoms with Gasteiger partial charge in [-0.1, -0.05) is 54.4 Å². The van der Waals surface area contributed by atoms with E-state index in [1.807, 2.05) is 24.3 Å². The molecule has 0 fully saturated rings. The van der Waals surface area contributed by atoms with Crippen molar-refractivity contribution in [3.8, 4) is 0 Å². The summed E-state index contributed by atoms with van der Waals surface area (Å²) in [6.45, 7) is 4.14. The molecular formula is C18H21Cl2N. The highest BCUT2D eigenvalue weighted by molar-refractivity contribution is 6.30. The normalized spacial score (nSPS) is 12.3. The molecule has 3 heteroatoms. The second-order valence-electron chi connectivity index (χ2n) is 5.34. The monoisotopic (exact) mass is 321 g/mol. The molecule has 0 heterocycles. The first-order chi connectivity index (χ1) is 10.2. The topological polar surface area (TPSA) is 12.0 Å². The fourth-order valence-corrected chi connectivity index (χ4v) is 2.85. The smallest absolute Gasteiger partial charge is 0.0408 e. The Kier molecular flexibility index (Phi) is 6.56. The van der Waals surface area contributed by atoms with E-state index in [-0.39, 0.29) is 0 Å². The van der Waals surface area contributed by atoms with Crippen molar-refractivity contribution in [2.75, 3.05) is 13.1 Å². The lowest BCUT2D eigenvalue weighted by atomic mass is 9.92. The SMILES string of the molecule is CCNCC(Cc1ccc(Cl)cc1)Cc1cccc(Cl)c1. The second kappa shape index (κ2) is 8.43. The molecule has 2 rings (SSSR count). The van der Waals surface area contributed by atoms with Gasteiger partial charge in [-0.15, -0.1) is 0 Å². The maximum Gasteiger partial charge on any atom is 0.0408 e. The van der Waals surface area contributed by atoms with Crippen LogP contribution in [0.4, 0.5) is 0 Å². The summed E-state index contributed by atoms with van der Waals surface area (Å²) in [5, 5.41) is 5.05. The van der Waals surface area contributed by atoms with Gasteiger partial charge < -0.3 is 5.32 Å². The Morgan fingerprint density at radius 2 is 1.62 bits per heavy atom. The Morgan fingerprint density at radius 1 is 0.905 bits per heavy atom. The molecule has 1 atom stereocenters. The molecule has 112 valence electrons. The Labute approximate surface area is 137 Å². The van der Waals surface area contributed by atoms with Gasteiger partial charge in [0.25, 0.3) is 0 Å². The standard InChI is InChI=1S/C18H21Cl2N/c1-2-21-13-16(10-14-6-8-17(19)9-7-14)11-15-4-3-5-18(20)12-15/h3-9,12,16,21H,2,10-11,13H2,1H3. The minimum atomic E-state index is 0.546. The van der Waals surface area contributed by atoms with Crippen LogP contribution in [0.5, 0.6) is 0 Å². The number of hydrogen-bond acceptors (Lipinski definition) is 1. The molecule has 0 bridgehead atoms. The number of rotatable bonds is 7. The summed E-state index contributed by atoms with van der Waals surface area (Å²) >= 11 is 12.0. The van der Waals surface area contributed by atoms with Gasteiger partial charge in [-0.3, -0.25) is 0 Å². The first-order valence-electron chi connectivity index (χ1n) is 7.37. The van der Waals surface area contributed by atoms with Crippen molar-refractivity contribution in [1.82, 2.24) is 5.32 Å². The van der Waals surface area contributed by atoms with Crippen LogP contribution < -0.4 is 5.32 Å². The lowest BCUT2D eigenvalue weighted by Crippen LogP contribution is -2.25. The van der Waals surface area contributed by atoms with Crippen molar-refractivity contribution in [3.05, 3.63) is 69.7 Å². The molecule has 0 aliphatic heterocycles. The number of benzene rings is 2. The molecule has 0 saturated heterocycles. The Hall–Kier alpha value is -1.02. The van der Waals surface area contributed by atoms with E-state index in [0.29, 0.717) is 5.92 Å². The maximum atomic E-state index is 6.08. The van der Waals surface area contributed by atoms with E-state index < -0.39 is 0 Å². The largest absolute Gasteiger partial charge is 0.317 e. The minimum Gasteiger partial charge on any atom is -0.317 e. The zero-order valence-electron chi connectivity index (χ0n) is 12.3. The minimum absolute atomic E-state index is 0.546. The lowest BCUT2D eigenvalue weighted by molar-refractivity contribution is 0.478. The zero-order chi connectivity index (χ0) is 15.1. The van der Waals surface area contributed by atoms with Crippen LogP contribution >= 0.6 is 23.2 Å². The van der Waals surface area contributed by atoms with E-state index in [1.165, 1.54) is 11.1 Å². The molecule has 1 N–H and O–H groups in total. The fourth-order valence-electron chi connectivity index (χ4n) is 2.52. The summed E-state index contributed by atoms with van der Waals surface area (Å²) in [4.78, 5) is 0. The second-order valence-corrected chi connectivity index (χ2v) is 6.21. The van der Waals surface area contributed by atoms with Gasteiger partial charge in [0.15, 0.2) is 0 Å². The Balaban J connectivity index is 2.04. The molecule has 0 spiro atoms. The molecule has 2 aromatic carbocycles. The molecule has 0 aliphatic carbocycles. The van der Waals surface area contributed by atoms with Crippen LogP contribution in [-0.2, 0) is 12.8 Å². The average molecular weight is 322 g/mol. The maximum absolute atomic E-state index is 6.08. The highest BCUT2D eigenvalue weighted by Gasteiger charge is 2.11. The molecule has 1 unspecified atom stereocenters. The summed E-state index contributed by atoms with van der Waals surface area (Å²) in [5.41, 5.74) is 2.61. The highest BCUT2D eigenvalue weighted by Crippen LogP contribution is 2.19. The first-order valence-corrected chi connectivity index (χ1v) is 8.12. The average Bonchev–Trinajstić information content (AvgIpc) is 2.47. The van der Waals surface area contributed by atoms with E-state index in [1.54, 1.807) is 0 Å². The molecule has 2 aromatic rings. The van der Waals surface area contributed by atoms with Gasteiger partial charge >= 0.3 is 0 Å². The van der Waals surface area contributed by atoms with Crippen LogP contribution in [0.3, 0.4) is 0 Å². The molecule has 0 amide bonds. The summed E-state index contributed by atoms with van der Waals surface area (Å²) in [5.74, 6) is 0.546. The van der Waals surface area contributed by atoms with Crippen molar-refractivity contribution >= 4 is 23.2 Å². The molecular weight excluding hydrogens is 301 g/mol. The van der Waals surface area contributed by atoms with E-state index in [0.717, 1.165) is 36.0 Å². The highest BCUT2D eigenvalue weighted by atomic mass is 35.5. The molecule has 21 heavy (non-hydrogen) atoms. The third kappa shape index (κ3) is 5.70. The van der Waals surface area contributed by atoms with E-state index in [4.69, 9.17) is 23.2 Å². The van der Waals surface area contributed by atoms with Crippen molar-refractivity contribution in [3.63, 3.8) is 0 Å². The predicted octanol–water partition coefficient (Wildman–Crippen LogP) is 5.00. The van der Waals surface area contributed by atoms with Crippen LogP contribution in [0.15, 0.2) is 48.5 Å². The molecule has 0 saturated carbocycles. The molecule has 0 aromatic heterocycles. The van der Waals surface area contributed by atoms with E-state index >= 15 is 0 Å². The van der Waals surface area contributed by atoms with Gasteiger partial charge in [-0.05, 0) is 67.2 Å². The van der Waals surface area contributed by atoms with Gasteiger partial charge in [0.05, 0.1) is 0 Å². The summed E-state index contributed by atoms with van der Waals surface area (Å²) in [6, 6.07) is 16.3. The van der Waals surface area contributed by atoms with Gasteiger partial charge in [0.1, 0.15) is 0 Å². The van der Waals surface area contributed by atoms with Gasteiger partial charge in [0, 0.05) is 10.0 Å². The van der Waals surface area contributed by atoms with Crippen LogP contribution in [0, 0.1) is 5.92 Å². The predicted molar refractivity (Wildman–Crippen MR) is 92.3 cm³/mol. The van der Waals surface area contributed by atoms with Crippen LogP contribution in [0.25, 0.3) is 0 Å². The summed E-state index contributed by atoms with van der Waals surface area (Å²) in [7, 11) is 0. The van der Waals surface area contributed by atoms with Crippen molar-refractivity contribution in [2.24, 2.45) is 5.92 Å². The van der Waals surface area contributed by atoms with Gasteiger partial charge in [-0.2, -0.15) is 0 Å². The van der Waals surface area contributed by atoms with Gasteiger partial charge in [0.2, 0.25) is 0 Å². The van der Waals surface area contributed by atoms with Crippen LogP contribution in [-0.4, -0.2) is 13.1 Å². The molecule has 0 radical (unpaired) electrons. The number of nitrogens with one attached hydrogen (secondary N) is 1. The summed E-state index contributed by atoms with van der Waals surface area (Å²) < 4.78 is 0. The Bertz CT molecular complexity index is 551. The Morgan fingerprint density at radius 3 is 2.29 bits per heavy atom. The number of halogens is 2. The third-order valence-electron chi connectivity index (χ3n) is 3.53. The zero-order valence-corrected chi connectivity index (χ0v) is 13.8. The van der Waals surface area contributed by atoms with Crippen molar-refractivity contribution in [1.29, 1.82) is 0 Å². The molecule has 0 aliphatic rings. The lowest BCUT2D eigenvalue weighted by Gasteiger charge is -2.18. The molecule has 1 nitrogen and oxygen atoms in total. The third-order valence-corrected chi connectivity index (χ3v) is 4.02. The first kappa shape index (κ1) is 16.4. The van der Waals surface area contributed by atoms with Crippen LogP contribution in [0.1, 0.15) is 18.1 Å². The van der Waals surface area contributed by atoms with E-state index in [9.17, 15) is 0 Å². The fraction of sp³-hybridized carbons (Fsp3) is 0.333.